The first-order chi connectivity index (χ1) is 14.9. The molecule has 0 aliphatic rings. The maximum Gasteiger partial charge on any atom is 0.338 e. The van der Waals surface area contributed by atoms with E-state index in [4.69, 9.17) is 4.74 Å². The predicted molar refractivity (Wildman–Crippen MR) is 119 cm³/mol. The molecule has 1 unspecified atom stereocenters. The van der Waals surface area contributed by atoms with Gasteiger partial charge in [-0.25, -0.2) is 14.8 Å². The van der Waals surface area contributed by atoms with Gasteiger partial charge in [-0.1, -0.05) is 35.9 Å². The van der Waals surface area contributed by atoms with Crippen LogP contribution in [0, 0.1) is 13.8 Å². The molecule has 0 bridgehead atoms. The second kappa shape index (κ2) is 8.39. The molecule has 0 saturated heterocycles. The number of carbonyl (C=O) groups is 2. The number of fused-ring (bicyclic) bond motifs is 1. The van der Waals surface area contributed by atoms with Crippen molar-refractivity contribution in [3.05, 3.63) is 77.5 Å². The van der Waals surface area contributed by atoms with Crippen molar-refractivity contribution in [1.29, 1.82) is 0 Å². The summed E-state index contributed by atoms with van der Waals surface area (Å²) >= 11 is 0. The Bertz CT molecular complexity index is 1240. The third-order valence-corrected chi connectivity index (χ3v) is 4.86. The van der Waals surface area contributed by atoms with E-state index >= 15 is 0 Å². The van der Waals surface area contributed by atoms with Crippen molar-refractivity contribution in [2.45, 2.75) is 26.9 Å². The number of hydrogen-bond acceptors (Lipinski definition) is 5. The van der Waals surface area contributed by atoms with E-state index in [0.717, 1.165) is 22.5 Å². The average molecular weight is 414 g/mol. The van der Waals surface area contributed by atoms with Crippen LogP contribution in [-0.4, -0.2) is 32.9 Å². The minimum atomic E-state index is -0.976. The zero-order valence-corrected chi connectivity index (χ0v) is 17.5. The van der Waals surface area contributed by atoms with E-state index in [0.29, 0.717) is 16.9 Å². The number of imidazole rings is 1. The Labute approximate surface area is 179 Å². The number of aromatic amines is 1. The highest BCUT2D eigenvalue weighted by atomic mass is 16.5. The summed E-state index contributed by atoms with van der Waals surface area (Å²) in [7, 11) is 0. The summed E-state index contributed by atoms with van der Waals surface area (Å²) in [6, 6.07) is 16.6. The fourth-order valence-corrected chi connectivity index (χ4v) is 3.04. The molecular formula is C24H22N4O3. The van der Waals surface area contributed by atoms with Gasteiger partial charge >= 0.3 is 5.97 Å². The van der Waals surface area contributed by atoms with Crippen LogP contribution in [0.2, 0.25) is 0 Å². The zero-order valence-electron chi connectivity index (χ0n) is 17.5. The number of rotatable bonds is 5. The summed E-state index contributed by atoms with van der Waals surface area (Å²) in [6.45, 7) is 5.45. The number of carbonyl (C=O) groups excluding carboxylic acids is 2. The molecule has 0 aliphatic heterocycles. The monoisotopic (exact) mass is 414 g/mol. The molecule has 31 heavy (non-hydrogen) atoms. The Morgan fingerprint density at radius 2 is 1.74 bits per heavy atom. The molecule has 7 heteroatoms. The SMILES string of the molecule is Cc1ccc(-c2nc3ccc(C(=O)OC(C)C(=O)Nc4ccc(C)cn4)cc3[nH]2)cc1. The molecular weight excluding hydrogens is 392 g/mol. The van der Waals surface area contributed by atoms with Crippen molar-refractivity contribution in [1.82, 2.24) is 15.0 Å². The van der Waals surface area contributed by atoms with Gasteiger partial charge in [-0.3, -0.25) is 4.79 Å². The van der Waals surface area contributed by atoms with Gasteiger partial charge in [0.1, 0.15) is 11.6 Å². The third kappa shape index (κ3) is 4.61. The number of esters is 1. The van der Waals surface area contributed by atoms with Crippen molar-refractivity contribution < 1.29 is 14.3 Å². The second-order valence-corrected chi connectivity index (χ2v) is 7.44. The van der Waals surface area contributed by atoms with Crippen molar-refractivity contribution >= 4 is 28.7 Å². The van der Waals surface area contributed by atoms with Crippen molar-refractivity contribution in [3.8, 4) is 11.4 Å². The molecule has 4 rings (SSSR count). The van der Waals surface area contributed by atoms with Crippen LogP contribution in [0.25, 0.3) is 22.4 Å². The molecule has 2 aromatic heterocycles. The second-order valence-electron chi connectivity index (χ2n) is 7.44. The number of pyridine rings is 1. The molecule has 4 aromatic rings. The third-order valence-electron chi connectivity index (χ3n) is 4.86. The Hall–Kier alpha value is -4.00. The van der Waals surface area contributed by atoms with Crippen LogP contribution in [-0.2, 0) is 9.53 Å². The van der Waals surface area contributed by atoms with Gasteiger partial charge in [-0.15, -0.1) is 0 Å². The fourth-order valence-electron chi connectivity index (χ4n) is 3.04. The van der Waals surface area contributed by atoms with E-state index in [9.17, 15) is 9.59 Å². The van der Waals surface area contributed by atoms with Crippen LogP contribution >= 0.6 is 0 Å². The lowest BCUT2D eigenvalue weighted by molar-refractivity contribution is -0.123. The molecule has 1 amide bonds. The lowest BCUT2D eigenvalue weighted by atomic mass is 10.1. The number of nitrogens with one attached hydrogen (secondary N) is 2. The first-order valence-electron chi connectivity index (χ1n) is 9.90. The fraction of sp³-hybridized carbons (Fsp3) is 0.167. The quantitative estimate of drug-likeness (QED) is 0.471. The maximum absolute atomic E-state index is 12.6. The van der Waals surface area contributed by atoms with Crippen LogP contribution in [0.15, 0.2) is 60.8 Å². The maximum atomic E-state index is 12.6. The Morgan fingerprint density at radius 1 is 1.00 bits per heavy atom. The molecule has 7 nitrogen and oxygen atoms in total. The van der Waals surface area contributed by atoms with E-state index in [1.54, 1.807) is 30.5 Å². The Kier molecular flexibility index (Phi) is 5.49. The molecule has 2 aromatic carbocycles. The van der Waals surface area contributed by atoms with Crippen molar-refractivity contribution in [2.24, 2.45) is 0 Å². The highest BCUT2D eigenvalue weighted by Crippen LogP contribution is 2.22. The molecule has 1 atom stereocenters. The highest BCUT2D eigenvalue weighted by Gasteiger charge is 2.20. The molecule has 2 N–H and O–H groups in total. The molecule has 0 aliphatic carbocycles. The first-order valence-corrected chi connectivity index (χ1v) is 9.90. The standard InChI is InChI=1S/C24H22N4O3/c1-14-4-7-17(8-5-14)22-26-19-10-9-18(12-20(19)27-22)24(30)31-16(3)23(29)28-21-11-6-15(2)13-25-21/h4-13,16H,1-3H3,(H,26,27)(H,25,28,29). The minimum Gasteiger partial charge on any atom is -0.449 e. The van der Waals surface area contributed by atoms with Gasteiger partial charge in [-0.2, -0.15) is 0 Å². The average Bonchev–Trinajstić information content (AvgIpc) is 3.19. The highest BCUT2D eigenvalue weighted by molar-refractivity contribution is 5.98. The summed E-state index contributed by atoms with van der Waals surface area (Å²) < 4.78 is 5.33. The van der Waals surface area contributed by atoms with Gasteiger partial charge in [0, 0.05) is 11.8 Å². The molecule has 0 radical (unpaired) electrons. The summed E-state index contributed by atoms with van der Waals surface area (Å²) in [4.78, 5) is 36.8. The molecule has 156 valence electrons. The van der Waals surface area contributed by atoms with Crippen LogP contribution in [0.1, 0.15) is 28.4 Å². The minimum absolute atomic E-state index is 0.333. The Balaban J connectivity index is 1.46. The van der Waals surface area contributed by atoms with E-state index in [-0.39, 0.29) is 0 Å². The summed E-state index contributed by atoms with van der Waals surface area (Å²) in [5, 5.41) is 2.64. The van der Waals surface area contributed by atoms with Gasteiger partial charge in [0.15, 0.2) is 6.10 Å². The number of aryl methyl sites for hydroxylation is 2. The van der Waals surface area contributed by atoms with E-state index in [2.05, 4.69) is 20.3 Å². The normalized spacial score (nSPS) is 11.8. The summed E-state index contributed by atoms with van der Waals surface area (Å²) in [5.74, 6) is 0.0850. The predicted octanol–water partition coefficient (Wildman–Crippen LogP) is 4.43. The first kappa shape index (κ1) is 20.3. The van der Waals surface area contributed by atoms with Crippen LogP contribution in [0.4, 0.5) is 5.82 Å². The number of ether oxygens (including phenoxy) is 1. The van der Waals surface area contributed by atoms with Crippen molar-refractivity contribution in [2.75, 3.05) is 5.32 Å². The number of anilines is 1. The number of nitrogens with zero attached hydrogens (tertiary/aromatic N) is 2. The Morgan fingerprint density at radius 3 is 2.45 bits per heavy atom. The largest absolute Gasteiger partial charge is 0.449 e. The van der Waals surface area contributed by atoms with Gasteiger partial charge in [0.2, 0.25) is 0 Å². The van der Waals surface area contributed by atoms with E-state index in [1.807, 2.05) is 44.2 Å². The van der Waals surface area contributed by atoms with Gasteiger partial charge in [0.25, 0.3) is 5.91 Å². The van der Waals surface area contributed by atoms with Gasteiger partial charge < -0.3 is 15.0 Å². The number of H-pyrrole nitrogens is 1. The number of aromatic nitrogens is 3. The van der Waals surface area contributed by atoms with Crippen molar-refractivity contribution in [3.63, 3.8) is 0 Å². The molecule has 2 heterocycles. The van der Waals surface area contributed by atoms with Crippen LogP contribution in [0.5, 0.6) is 0 Å². The van der Waals surface area contributed by atoms with Crippen LogP contribution in [0.3, 0.4) is 0 Å². The molecule has 0 fully saturated rings. The molecule has 0 saturated carbocycles. The molecule has 0 spiro atoms. The summed E-state index contributed by atoms with van der Waals surface area (Å²) in [6.07, 6.45) is 0.674. The number of hydrogen-bond donors (Lipinski definition) is 2. The van der Waals surface area contributed by atoms with E-state index in [1.165, 1.54) is 12.5 Å². The lowest BCUT2D eigenvalue weighted by Crippen LogP contribution is -2.30. The van der Waals surface area contributed by atoms with Gasteiger partial charge in [-0.05, 0) is 50.6 Å². The smallest absolute Gasteiger partial charge is 0.338 e. The van der Waals surface area contributed by atoms with Gasteiger partial charge in [0.05, 0.1) is 16.6 Å². The zero-order chi connectivity index (χ0) is 22.0. The lowest BCUT2D eigenvalue weighted by Gasteiger charge is -2.13. The van der Waals surface area contributed by atoms with E-state index < -0.39 is 18.0 Å². The topological polar surface area (TPSA) is 97.0 Å². The summed E-state index contributed by atoms with van der Waals surface area (Å²) in [5.41, 5.74) is 4.90. The number of amides is 1. The van der Waals surface area contributed by atoms with Crippen LogP contribution < -0.4 is 5.32 Å². The number of benzene rings is 2.